The molecule has 14 heteroatoms. The Balaban J connectivity index is 1.85. The Morgan fingerprint density at radius 3 is 1.21 bits per heavy atom. The maximum atomic E-state index is 14.8. The van der Waals surface area contributed by atoms with Gasteiger partial charge in [-0.25, -0.2) is 0 Å². The minimum atomic E-state index is -6.12. The van der Waals surface area contributed by atoms with Crippen LogP contribution in [-0.2, 0) is 18.5 Å². The van der Waals surface area contributed by atoms with Crippen molar-refractivity contribution in [1.29, 1.82) is 0 Å². The summed E-state index contributed by atoms with van der Waals surface area (Å²) in [7, 11) is 0. The first kappa shape index (κ1) is 30.8. The second kappa shape index (κ2) is 12.0. The predicted molar refractivity (Wildman–Crippen MR) is 147 cm³/mol. The van der Waals surface area contributed by atoms with E-state index in [1.54, 1.807) is 60.7 Å². The van der Waals surface area contributed by atoms with Crippen LogP contribution in [0.25, 0.3) is 0 Å². The van der Waals surface area contributed by atoms with Gasteiger partial charge in [0, 0.05) is 25.2 Å². The molecule has 8 nitrogen and oxygen atoms in total. The molecule has 0 aliphatic rings. The van der Waals surface area contributed by atoms with Crippen molar-refractivity contribution in [2.24, 2.45) is 0 Å². The van der Waals surface area contributed by atoms with Crippen molar-refractivity contribution in [3.05, 3.63) is 140 Å². The van der Waals surface area contributed by atoms with E-state index in [2.05, 4.69) is 10.6 Å². The lowest BCUT2D eigenvalue weighted by Crippen LogP contribution is -2.54. The number of alkyl halides is 6. The topological polar surface area (TPSA) is 110 Å². The standard InChI is InChI=1S/C29H22F6N4O4/c30-28(31,32)27(29(33,34)35,21-11-13-23(25(15-21)38(40)41)36-17-19-7-3-1-4-8-19)22-12-14-24(26(16-22)39(42)43)37-18-20-9-5-2-6-10-20/h1-16,36-37H,17-18H2. The number of nitro groups is 2. The Hall–Kier alpha value is -5.14. The Bertz CT molecular complexity index is 1490. The largest absolute Gasteiger partial charge is 0.411 e. The number of halogens is 6. The van der Waals surface area contributed by atoms with Crippen molar-refractivity contribution >= 4 is 22.7 Å². The first-order valence-corrected chi connectivity index (χ1v) is 12.5. The molecule has 0 aliphatic carbocycles. The normalized spacial score (nSPS) is 12.0. The number of nitrogens with zero attached hydrogens (tertiary/aromatic N) is 2. The summed E-state index contributed by atoms with van der Waals surface area (Å²) in [6.07, 6.45) is -12.2. The van der Waals surface area contributed by atoms with Gasteiger partial charge in [-0.2, -0.15) is 26.3 Å². The van der Waals surface area contributed by atoms with Crippen molar-refractivity contribution in [2.75, 3.05) is 10.6 Å². The quantitative estimate of drug-likeness (QED) is 0.107. The Kier molecular flexibility index (Phi) is 8.60. The molecule has 0 fully saturated rings. The summed E-state index contributed by atoms with van der Waals surface area (Å²) < 4.78 is 88.5. The van der Waals surface area contributed by atoms with Crippen molar-refractivity contribution in [1.82, 2.24) is 0 Å². The highest BCUT2D eigenvalue weighted by molar-refractivity contribution is 5.67. The molecular formula is C29H22F6N4O4. The molecule has 4 rings (SSSR count). The Morgan fingerprint density at radius 1 is 0.558 bits per heavy atom. The van der Waals surface area contributed by atoms with Gasteiger partial charge in [0.15, 0.2) is 0 Å². The van der Waals surface area contributed by atoms with Gasteiger partial charge in [0.25, 0.3) is 11.4 Å². The summed E-state index contributed by atoms with van der Waals surface area (Å²) >= 11 is 0. The summed E-state index contributed by atoms with van der Waals surface area (Å²) in [6.45, 7) is -0.0112. The highest BCUT2D eigenvalue weighted by atomic mass is 19.4. The fourth-order valence-electron chi connectivity index (χ4n) is 4.70. The number of nitrogens with one attached hydrogen (secondary N) is 2. The summed E-state index contributed by atoms with van der Waals surface area (Å²) in [6, 6.07) is 19.7. The molecule has 0 radical (unpaired) electrons. The Labute approximate surface area is 240 Å². The zero-order valence-electron chi connectivity index (χ0n) is 21.9. The first-order valence-electron chi connectivity index (χ1n) is 12.5. The minimum absolute atomic E-state index is 0.00561. The van der Waals surface area contributed by atoms with E-state index in [4.69, 9.17) is 0 Å². The average Bonchev–Trinajstić information content (AvgIpc) is 2.95. The van der Waals surface area contributed by atoms with Gasteiger partial charge >= 0.3 is 12.4 Å². The first-order chi connectivity index (χ1) is 20.3. The van der Waals surface area contributed by atoms with E-state index in [0.29, 0.717) is 23.3 Å². The maximum Gasteiger partial charge on any atom is 0.411 e. The molecule has 0 aromatic heterocycles. The van der Waals surface area contributed by atoms with Gasteiger partial charge < -0.3 is 10.6 Å². The summed E-state index contributed by atoms with van der Waals surface area (Å²) in [4.78, 5) is 21.5. The minimum Gasteiger partial charge on any atom is -0.375 e. The zero-order valence-corrected chi connectivity index (χ0v) is 21.9. The molecule has 4 aromatic rings. The van der Waals surface area contributed by atoms with Crippen molar-refractivity contribution in [3.8, 4) is 0 Å². The summed E-state index contributed by atoms with van der Waals surface area (Å²) in [5, 5.41) is 29.0. The number of benzene rings is 4. The van der Waals surface area contributed by atoms with Crippen LogP contribution in [0, 0.1) is 20.2 Å². The summed E-state index contributed by atoms with van der Waals surface area (Å²) in [5.41, 5.74) is -9.31. The molecule has 0 saturated heterocycles. The number of hydrogen-bond donors (Lipinski definition) is 2. The maximum absolute atomic E-state index is 14.8. The molecule has 224 valence electrons. The smallest absolute Gasteiger partial charge is 0.375 e. The van der Waals surface area contributed by atoms with Gasteiger partial charge in [-0.15, -0.1) is 0 Å². The monoisotopic (exact) mass is 604 g/mol. The van der Waals surface area contributed by atoms with Gasteiger partial charge in [0.1, 0.15) is 11.4 Å². The van der Waals surface area contributed by atoms with Gasteiger partial charge in [-0.1, -0.05) is 72.8 Å². The lowest BCUT2D eigenvalue weighted by atomic mass is 9.72. The fourth-order valence-corrected chi connectivity index (χ4v) is 4.70. The second-order valence-electron chi connectivity index (χ2n) is 9.40. The lowest BCUT2D eigenvalue weighted by molar-refractivity contribution is -0.384. The molecule has 0 unspecified atom stereocenters. The van der Waals surface area contributed by atoms with E-state index >= 15 is 0 Å². The molecule has 0 saturated carbocycles. The molecule has 0 heterocycles. The van der Waals surface area contributed by atoms with E-state index in [9.17, 15) is 46.6 Å². The lowest BCUT2D eigenvalue weighted by Gasteiger charge is -2.38. The highest BCUT2D eigenvalue weighted by Crippen LogP contribution is 2.57. The van der Waals surface area contributed by atoms with E-state index in [0.717, 1.165) is 12.1 Å². The van der Waals surface area contributed by atoms with Crippen LogP contribution in [-0.4, -0.2) is 22.2 Å². The van der Waals surface area contributed by atoms with Crippen LogP contribution in [0.4, 0.5) is 49.1 Å². The number of rotatable bonds is 10. The molecule has 0 spiro atoms. The third kappa shape index (κ3) is 6.22. The van der Waals surface area contributed by atoms with E-state index in [-0.39, 0.29) is 36.6 Å². The average molecular weight is 605 g/mol. The van der Waals surface area contributed by atoms with Crippen molar-refractivity contribution in [3.63, 3.8) is 0 Å². The van der Waals surface area contributed by atoms with Gasteiger partial charge in [0.05, 0.1) is 9.85 Å². The van der Waals surface area contributed by atoms with Crippen LogP contribution in [0.1, 0.15) is 22.3 Å². The number of anilines is 2. The van der Waals surface area contributed by atoms with Crippen LogP contribution in [0.15, 0.2) is 97.1 Å². The molecule has 0 atom stereocenters. The molecule has 2 N–H and O–H groups in total. The van der Waals surface area contributed by atoms with E-state index < -0.39 is 50.1 Å². The van der Waals surface area contributed by atoms with Crippen LogP contribution in [0.3, 0.4) is 0 Å². The number of nitro benzene ring substituents is 2. The molecular weight excluding hydrogens is 582 g/mol. The molecule has 4 aromatic carbocycles. The fraction of sp³-hybridized carbons (Fsp3) is 0.172. The third-order valence-corrected chi connectivity index (χ3v) is 6.76. The second-order valence-corrected chi connectivity index (χ2v) is 9.40. The van der Waals surface area contributed by atoms with Gasteiger partial charge in [-0.3, -0.25) is 20.2 Å². The van der Waals surface area contributed by atoms with Crippen LogP contribution < -0.4 is 10.6 Å². The molecule has 0 amide bonds. The van der Waals surface area contributed by atoms with E-state index in [1.807, 2.05) is 0 Å². The Morgan fingerprint density at radius 2 is 0.907 bits per heavy atom. The van der Waals surface area contributed by atoms with Gasteiger partial charge in [0.2, 0.25) is 5.41 Å². The zero-order chi connectivity index (χ0) is 31.4. The molecule has 0 aliphatic heterocycles. The van der Waals surface area contributed by atoms with Crippen LogP contribution in [0.2, 0.25) is 0 Å². The third-order valence-electron chi connectivity index (χ3n) is 6.76. The van der Waals surface area contributed by atoms with Crippen molar-refractivity contribution < 1.29 is 36.2 Å². The SMILES string of the molecule is O=[N+]([O-])c1cc(C(c2ccc(NCc3ccccc3)c([N+](=O)[O-])c2)(C(F)(F)F)C(F)(F)F)ccc1NCc1ccccc1. The van der Waals surface area contributed by atoms with Crippen LogP contribution in [0.5, 0.6) is 0 Å². The van der Waals surface area contributed by atoms with Crippen LogP contribution >= 0.6 is 0 Å². The van der Waals surface area contributed by atoms with E-state index in [1.165, 1.54) is 0 Å². The van der Waals surface area contributed by atoms with Gasteiger partial charge in [-0.05, 0) is 34.4 Å². The predicted octanol–water partition coefficient (Wildman–Crippen LogP) is 8.14. The van der Waals surface area contributed by atoms with Crippen molar-refractivity contribution in [2.45, 2.75) is 30.9 Å². The summed E-state index contributed by atoms with van der Waals surface area (Å²) in [5.74, 6) is 0. The molecule has 0 bridgehead atoms. The number of hydrogen-bond acceptors (Lipinski definition) is 6. The highest BCUT2D eigenvalue weighted by Gasteiger charge is 2.73. The molecule has 43 heavy (non-hydrogen) atoms.